The molecule has 0 aliphatic carbocycles. The number of rotatable bonds is 30. The number of nitrogens with one attached hydrogen (secondary N) is 10. The highest BCUT2D eigenvalue weighted by Gasteiger charge is 2.46. The Hall–Kier alpha value is -10.1. The highest BCUT2D eigenvalue weighted by molar-refractivity contribution is 8.08. The van der Waals surface area contributed by atoms with Crippen LogP contribution >= 0.6 is 23.5 Å². The Morgan fingerprint density at radius 1 is 0.571 bits per heavy atom. The van der Waals surface area contributed by atoms with Gasteiger partial charge in [0, 0.05) is 103 Å². The number of amides is 15. The number of benzene rings is 1. The lowest BCUT2D eigenvalue weighted by molar-refractivity contribution is -0.147. The second-order valence-corrected chi connectivity index (χ2v) is 29.7. The van der Waals surface area contributed by atoms with Crippen molar-refractivity contribution in [2.75, 3.05) is 116 Å². The van der Waals surface area contributed by atoms with Gasteiger partial charge in [0.2, 0.25) is 65.0 Å². The van der Waals surface area contributed by atoms with Crippen molar-refractivity contribution >= 4 is 130 Å². The van der Waals surface area contributed by atoms with E-state index < -0.39 is 209 Å². The van der Waals surface area contributed by atoms with Gasteiger partial charge in [0.15, 0.2) is 0 Å². The van der Waals surface area contributed by atoms with Gasteiger partial charge >= 0.3 is 29.9 Å². The summed E-state index contributed by atoms with van der Waals surface area (Å²) in [7, 11) is 0. The molecule has 0 bridgehead atoms. The number of thioether (sulfide) groups is 2. The molecule has 5 aliphatic rings. The van der Waals surface area contributed by atoms with Crippen LogP contribution < -0.4 is 64.6 Å². The molecule has 10 atom stereocenters. The fraction of sp³-hybridized carbons (Fsp3) is 0.623. The van der Waals surface area contributed by atoms with Gasteiger partial charge < -0.3 is 94.7 Å². The van der Waals surface area contributed by atoms with Crippen molar-refractivity contribution in [3.63, 3.8) is 0 Å². The number of carbonyl (C=O) groups excluding carboxylic acids is 14. The summed E-state index contributed by atoms with van der Waals surface area (Å²) in [5.41, 5.74) is 11.6. The fourth-order valence-electron chi connectivity index (χ4n) is 13.0. The number of primary amides is 2. The number of fused-ring (bicyclic) bond motifs is 2. The van der Waals surface area contributed by atoms with E-state index in [1.165, 1.54) is 9.80 Å². The molecule has 0 spiro atoms. The number of hydrogen-bond donors (Lipinski definition) is 17. The van der Waals surface area contributed by atoms with Crippen molar-refractivity contribution in [2.45, 2.75) is 158 Å². The van der Waals surface area contributed by atoms with Crippen molar-refractivity contribution in [1.82, 2.24) is 82.6 Å². The number of aliphatic hydroxyl groups is 1. The van der Waals surface area contributed by atoms with Gasteiger partial charge in [-0.3, -0.25) is 106 Å². The van der Waals surface area contributed by atoms with Crippen molar-refractivity contribution in [2.24, 2.45) is 11.5 Å². The third-order valence-corrected chi connectivity index (χ3v) is 21.4. The molecule has 5 heterocycles. The third-order valence-electron chi connectivity index (χ3n) is 18.9. The average Bonchev–Trinajstić information content (AvgIpc) is 1.59. The average molecular weight is 1620 g/mol. The van der Waals surface area contributed by atoms with E-state index in [4.69, 9.17) is 11.5 Å². The minimum absolute atomic E-state index is 0.0118. The summed E-state index contributed by atoms with van der Waals surface area (Å²) in [5.74, 6) is -19.5. The standard InChI is InChI=1S/C69H102N18O23S2/c1-3-4-19-73-69(110)79-46-38-112-57-56(65(106)81-66(57)107)111-37-45(62(103)77-44(32-51(91)92)61(102)74-41(58(71)99)14-8-9-20-72-50(90)33-82-23-25-83(34-52(93)94)27-29-85(36-54(97)98)30-28-84(26-24-82)35-53(95)96)78-60(101)43(31-40-12-6-5-7-13-40)76-59(100)42(17-18-49(70)89)75-64(105)55(39(2)88)80-63(104)47-15-10-21-86(47)68(109)48-16-11-22-87(48)67(46)108/h5-7,12-13,39,41-48,55,88H,3-4,8-11,14-38H2,1-2H3,(H2,70,89)(H2,71,99)(H,72,90)(H,74,102)(H,75,105)(H,76,100)(H,77,103)(H,78,101)(H,80,104)(H,91,92)(H,93,94)(H,95,96)(H,97,98)(H2,73,79,110)(H,81,106,107)/t39-,41+,42+,43+,44+,45+,46+,47+,48+,55+/m1/s1. The van der Waals surface area contributed by atoms with Crippen LogP contribution in [0.25, 0.3) is 0 Å². The lowest BCUT2D eigenvalue weighted by atomic mass is 10.0. The van der Waals surface area contributed by atoms with E-state index in [9.17, 15) is 107 Å². The molecule has 618 valence electrons. The number of nitrogens with zero attached hydrogens (tertiary/aromatic N) is 6. The molecule has 0 unspecified atom stereocenters. The van der Waals surface area contributed by atoms with Crippen LogP contribution in [-0.2, 0) is 87.9 Å². The van der Waals surface area contributed by atoms with Crippen molar-refractivity contribution < 1.29 is 112 Å². The molecular formula is C69H102N18O23S2. The smallest absolute Gasteiger partial charge is 0.317 e. The predicted molar refractivity (Wildman–Crippen MR) is 399 cm³/mol. The number of urea groups is 1. The van der Waals surface area contributed by atoms with E-state index in [2.05, 4.69) is 53.2 Å². The summed E-state index contributed by atoms with van der Waals surface area (Å²) in [4.78, 5) is 253. The van der Waals surface area contributed by atoms with Gasteiger partial charge in [0.25, 0.3) is 11.8 Å². The zero-order valence-electron chi connectivity index (χ0n) is 62.3. The van der Waals surface area contributed by atoms with E-state index in [-0.39, 0.29) is 155 Å². The topological polar surface area (TPSA) is 600 Å². The van der Waals surface area contributed by atoms with Crippen LogP contribution in [0, 0.1) is 0 Å². The Morgan fingerprint density at radius 3 is 1.63 bits per heavy atom. The number of imide groups is 1. The Morgan fingerprint density at radius 2 is 1.10 bits per heavy atom. The molecule has 1 aromatic rings. The molecule has 1 aromatic carbocycles. The number of carboxylic acids is 4. The quantitative estimate of drug-likeness (QED) is 0.0251. The number of aliphatic hydroxyl groups excluding tert-OH is 1. The van der Waals surface area contributed by atoms with E-state index >= 15 is 4.79 Å². The summed E-state index contributed by atoms with van der Waals surface area (Å²) in [6.45, 7) is 2.99. The SMILES string of the molecule is CCCCNC(=O)N[C@H]1CSC2=C(SC[C@@H](C(=O)N[C@@H](CC(=O)O)C(=O)N[C@@H](CCCCNC(=O)CN3CCN(CC(=O)O)CCN(CC(=O)O)CCN(CC(=O)O)CC3)C(N)=O)NC(=O)[C@H](Cc3ccccc3)NC(=O)[C@H](CCC(N)=O)NC(=O)[C@H]([C@@H](C)O)NC(=O)[C@@H]3CCCN3C(=O)[C@@H]3CCCN3C1=O)C(=O)NC2=O. The molecule has 3 saturated heterocycles. The molecule has 15 amide bonds. The van der Waals surface area contributed by atoms with E-state index in [1.54, 1.807) is 49.9 Å². The minimum atomic E-state index is -2.10. The van der Waals surface area contributed by atoms with Crippen LogP contribution in [0.1, 0.15) is 96.5 Å². The normalized spacial score (nSPS) is 23.2. The number of carbonyl (C=O) groups is 18. The summed E-state index contributed by atoms with van der Waals surface area (Å²) in [6, 6.07) is -7.99. The van der Waals surface area contributed by atoms with Crippen LogP contribution in [-0.4, -0.2) is 338 Å². The predicted octanol–water partition coefficient (Wildman–Crippen LogP) is -6.70. The second kappa shape index (κ2) is 45.4. The number of carboxylic acid groups (broad SMARTS) is 4. The molecule has 19 N–H and O–H groups in total. The maximum absolute atomic E-state index is 15.1. The van der Waals surface area contributed by atoms with Crippen LogP contribution in [0.4, 0.5) is 4.79 Å². The first kappa shape index (κ1) is 90.8. The van der Waals surface area contributed by atoms with Crippen LogP contribution in [0.2, 0.25) is 0 Å². The maximum Gasteiger partial charge on any atom is 0.317 e. The molecule has 5 aliphatic heterocycles. The zero-order chi connectivity index (χ0) is 82.3. The lowest BCUT2D eigenvalue weighted by Crippen LogP contribution is -2.62. The van der Waals surface area contributed by atoms with Crippen molar-refractivity contribution in [1.29, 1.82) is 0 Å². The number of nitrogens with two attached hydrogens (primary N) is 2. The number of aliphatic carboxylic acids is 4. The van der Waals surface area contributed by atoms with Gasteiger partial charge in [-0.25, -0.2) is 4.79 Å². The third kappa shape index (κ3) is 29.5. The van der Waals surface area contributed by atoms with Crippen molar-refractivity contribution in [3.8, 4) is 0 Å². The Balaban J connectivity index is 1.29. The molecule has 112 heavy (non-hydrogen) atoms. The Labute approximate surface area is 653 Å². The van der Waals surface area contributed by atoms with Crippen molar-refractivity contribution in [3.05, 3.63) is 45.7 Å². The van der Waals surface area contributed by atoms with E-state index in [0.29, 0.717) is 41.9 Å². The summed E-state index contributed by atoms with van der Waals surface area (Å²) in [5, 5.41) is 74.6. The number of unbranched alkanes of at least 4 members (excludes halogenated alkanes) is 2. The van der Waals surface area contributed by atoms with Gasteiger partial charge in [-0.1, -0.05) is 43.7 Å². The Kier molecular flexibility index (Phi) is 36.8. The molecule has 0 radical (unpaired) electrons. The molecule has 41 nitrogen and oxygen atoms in total. The second-order valence-electron chi connectivity index (χ2n) is 27.6. The van der Waals surface area contributed by atoms with Gasteiger partial charge in [-0.15, -0.1) is 23.5 Å². The largest absolute Gasteiger partial charge is 0.481 e. The Bertz CT molecular complexity index is 3600. The summed E-state index contributed by atoms with van der Waals surface area (Å²) in [6.07, 6.45) is -2.46. The molecular weight excluding hydrogens is 1510 g/mol. The lowest BCUT2D eigenvalue weighted by Gasteiger charge is -2.33. The minimum Gasteiger partial charge on any atom is -0.481 e. The highest BCUT2D eigenvalue weighted by atomic mass is 32.2. The first-order valence-electron chi connectivity index (χ1n) is 36.9. The fourth-order valence-corrected chi connectivity index (χ4v) is 15.3. The van der Waals surface area contributed by atoms with Crippen LogP contribution in [0.3, 0.4) is 0 Å². The molecule has 43 heteroatoms. The van der Waals surface area contributed by atoms with E-state index in [0.717, 1.165) is 6.92 Å². The summed E-state index contributed by atoms with van der Waals surface area (Å²) < 4.78 is 0. The first-order chi connectivity index (χ1) is 53.2. The van der Waals surface area contributed by atoms with Gasteiger partial charge in [-0.05, 0) is 70.3 Å². The summed E-state index contributed by atoms with van der Waals surface area (Å²) >= 11 is 1.10. The maximum atomic E-state index is 15.1. The highest BCUT2D eigenvalue weighted by Crippen LogP contribution is 2.34. The van der Waals surface area contributed by atoms with Gasteiger partial charge in [0.1, 0.15) is 54.4 Å². The molecule has 6 rings (SSSR count). The monoisotopic (exact) mass is 1610 g/mol. The van der Waals surface area contributed by atoms with Gasteiger partial charge in [-0.2, -0.15) is 0 Å². The molecule has 3 fully saturated rings. The van der Waals surface area contributed by atoms with Crippen LogP contribution in [0.15, 0.2) is 40.1 Å². The van der Waals surface area contributed by atoms with Crippen LogP contribution in [0.5, 0.6) is 0 Å². The van der Waals surface area contributed by atoms with E-state index in [1.807, 2.05) is 6.92 Å². The molecule has 0 saturated carbocycles. The zero-order valence-corrected chi connectivity index (χ0v) is 64.0. The first-order valence-corrected chi connectivity index (χ1v) is 38.8. The number of hydrogen-bond acceptors (Lipinski definition) is 25. The van der Waals surface area contributed by atoms with Gasteiger partial charge in [0.05, 0.1) is 48.5 Å². The molecule has 0 aromatic heterocycles.